The van der Waals surface area contributed by atoms with Crippen LogP contribution < -0.4 is 10.5 Å². The molecule has 2 rings (SSSR count). The predicted octanol–water partition coefficient (Wildman–Crippen LogP) is 4.40. The number of ether oxygens (including phenoxy) is 1. The van der Waals surface area contributed by atoms with Gasteiger partial charge in [-0.3, -0.25) is 0 Å². The SMILES string of the molecule is CCOc1cccc2c1nc(N)n2C(C)CCCC(C)C. The fourth-order valence-corrected chi connectivity index (χ4v) is 2.80. The Bertz CT molecular complexity index is 589. The summed E-state index contributed by atoms with van der Waals surface area (Å²) in [6.45, 7) is 9.36. The summed E-state index contributed by atoms with van der Waals surface area (Å²) in [4.78, 5) is 4.51. The lowest BCUT2D eigenvalue weighted by Crippen LogP contribution is -2.09. The third-order valence-electron chi connectivity index (χ3n) is 3.85. The van der Waals surface area contributed by atoms with E-state index in [2.05, 4.69) is 36.4 Å². The third-order valence-corrected chi connectivity index (χ3v) is 3.85. The molecular weight excluding hydrogens is 262 g/mol. The molecule has 0 amide bonds. The molecule has 116 valence electrons. The first-order valence-corrected chi connectivity index (χ1v) is 7.93. The van der Waals surface area contributed by atoms with Crippen LogP contribution in [0.4, 0.5) is 5.95 Å². The minimum absolute atomic E-state index is 0.352. The van der Waals surface area contributed by atoms with E-state index in [1.54, 1.807) is 0 Å². The van der Waals surface area contributed by atoms with E-state index in [0.717, 1.165) is 29.1 Å². The molecule has 0 aliphatic heterocycles. The Morgan fingerprint density at radius 1 is 1.24 bits per heavy atom. The lowest BCUT2D eigenvalue weighted by atomic mass is 10.0. The van der Waals surface area contributed by atoms with E-state index in [4.69, 9.17) is 10.5 Å². The van der Waals surface area contributed by atoms with Crippen molar-refractivity contribution >= 4 is 17.0 Å². The van der Waals surface area contributed by atoms with E-state index in [0.29, 0.717) is 18.6 Å². The fourth-order valence-electron chi connectivity index (χ4n) is 2.80. The number of hydrogen-bond acceptors (Lipinski definition) is 3. The summed E-state index contributed by atoms with van der Waals surface area (Å²) < 4.78 is 7.79. The van der Waals surface area contributed by atoms with E-state index in [1.165, 1.54) is 12.8 Å². The van der Waals surface area contributed by atoms with Crippen LogP contribution in [0.1, 0.15) is 53.0 Å². The smallest absolute Gasteiger partial charge is 0.201 e. The number of fused-ring (bicyclic) bond motifs is 1. The molecule has 4 heteroatoms. The van der Waals surface area contributed by atoms with Crippen molar-refractivity contribution in [3.8, 4) is 5.75 Å². The van der Waals surface area contributed by atoms with E-state index in [1.807, 2.05) is 19.1 Å². The Hall–Kier alpha value is -1.71. The van der Waals surface area contributed by atoms with Gasteiger partial charge in [0.2, 0.25) is 5.95 Å². The Kier molecular flexibility index (Phi) is 5.10. The van der Waals surface area contributed by atoms with Crippen molar-refractivity contribution < 1.29 is 4.74 Å². The van der Waals surface area contributed by atoms with Gasteiger partial charge in [0.05, 0.1) is 12.1 Å². The molecule has 1 unspecified atom stereocenters. The average molecular weight is 289 g/mol. The second-order valence-electron chi connectivity index (χ2n) is 6.07. The van der Waals surface area contributed by atoms with Crippen molar-refractivity contribution in [2.45, 2.75) is 53.0 Å². The van der Waals surface area contributed by atoms with Gasteiger partial charge in [-0.25, -0.2) is 4.98 Å². The first-order chi connectivity index (χ1) is 10.0. The molecule has 0 fully saturated rings. The summed E-state index contributed by atoms with van der Waals surface area (Å²) in [5, 5.41) is 0. The van der Waals surface area contributed by atoms with Crippen LogP contribution in [-0.4, -0.2) is 16.2 Å². The quantitative estimate of drug-likeness (QED) is 0.821. The maximum Gasteiger partial charge on any atom is 0.201 e. The Balaban J connectivity index is 2.27. The lowest BCUT2D eigenvalue weighted by molar-refractivity contribution is 0.343. The lowest BCUT2D eigenvalue weighted by Gasteiger charge is -2.16. The molecule has 21 heavy (non-hydrogen) atoms. The number of aromatic nitrogens is 2. The fraction of sp³-hybridized carbons (Fsp3) is 0.588. The molecule has 2 aromatic rings. The van der Waals surface area contributed by atoms with Gasteiger partial charge in [-0.05, 0) is 38.3 Å². The van der Waals surface area contributed by atoms with Crippen LogP contribution in [-0.2, 0) is 0 Å². The van der Waals surface area contributed by atoms with Gasteiger partial charge < -0.3 is 15.0 Å². The molecule has 0 saturated carbocycles. The maximum absolute atomic E-state index is 6.15. The Morgan fingerprint density at radius 3 is 2.67 bits per heavy atom. The number of para-hydroxylation sites is 1. The largest absolute Gasteiger partial charge is 0.492 e. The summed E-state index contributed by atoms with van der Waals surface area (Å²) in [5.74, 6) is 2.14. The standard InChI is InChI=1S/C17H27N3O/c1-5-21-15-11-7-10-14-16(15)19-17(18)20(14)13(4)9-6-8-12(2)3/h7,10-13H,5-6,8-9H2,1-4H3,(H2,18,19). The van der Waals surface area contributed by atoms with Gasteiger partial charge >= 0.3 is 0 Å². The van der Waals surface area contributed by atoms with Gasteiger partial charge in [0.15, 0.2) is 0 Å². The van der Waals surface area contributed by atoms with E-state index >= 15 is 0 Å². The highest BCUT2D eigenvalue weighted by Gasteiger charge is 2.16. The molecule has 0 aliphatic rings. The zero-order valence-electron chi connectivity index (χ0n) is 13.6. The molecule has 1 aromatic carbocycles. The minimum atomic E-state index is 0.352. The predicted molar refractivity (Wildman–Crippen MR) is 88.7 cm³/mol. The Morgan fingerprint density at radius 2 is 2.00 bits per heavy atom. The second-order valence-corrected chi connectivity index (χ2v) is 6.07. The van der Waals surface area contributed by atoms with Crippen LogP contribution in [0.5, 0.6) is 5.75 Å². The highest BCUT2D eigenvalue weighted by atomic mass is 16.5. The zero-order valence-corrected chi connectivity index (χ0v) is 13.6. The van der Waals surface area contributed by atoms with Crippen LogP contribution in [0.2, 0.25) is 0 Å². The number of nitrogens with two attached hydrogens (primary N) is 1. The summed E-state index contributed by atoms with van der Waals surface area (Å²) in [7, 11) is 0. The molecule has 0 saturated heterocycles. The summed E-state index contributed by atoms with van der Waals surface area (Å²) in [6, 6.07) is 6.38. The van der Waals surface area contributed by atoms with Crippen molar-refractivity contribution in [3.05, 3.63) is 18.2 Å². The number of rotatable bonds is 7. The topological polar surface area (TPSA) is 53.1 Å². The van der Waals surface area contributed by atoms with E-state index in [9.17, 15) is 0 Å². The molecule has 0 bridgehead atoms. The summed E-state index contributed by atoms with van der Waals surface area (Å²) >= 11 is 0. The molecule has 1 aromatic heterocycles. The molecule has 2 N–H and O–H groups in total. The number of nitrogens with zero attached hydrogens (tertiary/aromatic N) is 2. The van der Waals surface area contributed by atoms with E-state index in [-0.39, 0.29) is 0 Å². The summed E-state index contributed by atoms with van der Waals surface area (Å²) in [6.07, 6.45) is 3.58. The molecule has 0 spiro atoms. The van der Waals surface area contributed by atoms with Crippen LogP contribution >= 0.6 is 0 Å². The molecule has 0 aliphatic carbocycles. The van der Waals surface area contributed by atoms with Gasteiger partial charge in [-0.2, -0.15) is 0 Å². The van der Waals surface area contributed by atoms with Crippen LogP contribution in [0.15, 0.2) is 18.2 Å². The second kappa shape index (κ2) is 6.83. The van der Waals surface area contributed by atoms with Crippen LogP contribution in [0.3, 0.4) is 0 Å². The number of imidazole rings is 1. The summed E-state index contributed by atoms with van der Waals surface area (Å²) in [5.41, 5.74) is 8.08. The first kappa shape index (κ1) is 15.7. The molecular formula is C17H27N3O. The van der Waals surface area contributed by atoms with Crippen LogP contribution in [0, 0.1) is 5.92 Å². The van der Waals surface area contributed by atoms with Crippen molar-refractivity contribution in [2.75, 3.05) is 12.3 Å². The first-order valence-electron chi connectivity index (χ1n) is 7.93. The number of benzene rings is 1. The maximum atomic E-state index is 6.15. The van der Waals surface area contributed by atoms with Gasteiger partial charge in [0.25, 0.3) is 0 Å². The minimum Gasteiger partial charge on any atom is -0.492 e. The molecule has 1 atom stereocenters. The van der Waals surface area contributed by atoms with Gasteiger partial charge in [0, 0.05) is 6.04 Å². The highest BCUT2D eigenvalue weighted by Crippen LogP contribution is 2.31. The Labute approximate surface area is 127 Å². The number of hydrogen-bond donors (Lipinski definition) is 1. The number of anilines is 1. The monoisotopic (exact) mass is 289 g/mol. The van der Waals surface area contributed by atoms with Gasteiger partial charge in [-0.1, -0.05) is 32.8 Å². The highest BCUT2D eigenvalue weighted by molar-refractivity contribution is 5.84. The van der Waals surface area contributed by atoms with Gasteiger partial charge in [-0.15, -0.1) is 0 Å². The van der Waals surface area contributed by atoms with Crippen LogP contribution in [0.25, 0.3) is 11.0 Å². The van der Waals surface area contributed by atoms with E-state index < -0.39 is 0 Å². The van der Waals surface area contributed by atoms with Crippen molar-refractivity contribution in [2.24, 2.45) is 5.92 Å². The van der Waals surface area contributed by atoms with Crippen molar-refractivity contribution in [1.82, 2.24) is 9.55 Å². The normalized spacial score (nSPS) is 13.0. The van der Waals surface area contributed by atoms with Gasteiger partial charge in [0.1, 0.15) is 11.3 Å². The molecule has 1 heterocycles. The van der Waals surface area contributed by atoms with Crippen molar-refractivity contribution in [1.29, 1.82) is 0 Å². The average Bonchev–Trinajstić information content (AvgIpc) is 2.75. The molecule has 0 radical (unpaired) electrons. The number of nitrogen functional groups attached to an aromatic ring is 1. The third kappa shape index (κ3) is 3.49. The molecule has 4 nitrogen and oxygen atoms in total. The van der Waals surface area contributed by atoms with Crippen molar-refractivity contribution in [3.63, 3.8) is 0 Å². The zero-order chi connectivity index (χ0) is 15.4.